The molecule has 2 aliphatic heterocycles. The highest BCUT2D eigenvalue weighted by atomic mass is 16.5. The molecule has 2 saturated heterocycles. The van der Waals surface area contributed by atoms with Crippen LogP contribution in [0.3, 0.4) is 0 Å². The maximum Gasteiger partial charge on any atom is 0.236 e. The topological polar surface area (TPSA) is 44.8 Å². The van der Waals surface area contributed by atoms with Crippen molar-refractivity contribution >= 4 is 5.91 Å². The molecule has 1 atom stereocenters. The number of hydrogen-bond donors (Lipinski definition) is 1. The zero-order valence-corrected chi connectivity index (χ0v) is 11.4. The molecular formula is C13H25N3O2. The van der Waals surface area contributed by atoms with E-state index in [9.17, 15) is 4.79 Å². The second kappa shape index (κ2) is 7.07. The third-order valence-corrected chi connectivity index (χ3v) is 3.78. The molecule has 1 N–H and O–H groups in total. The lowest BCUT2D eigenvalue weighted by atomic mass is 10.2. The Kier molecular flexibility index (Phi) is 5.41. The molecule has 104 valence electrons. The monoisotopic (exact) mass is 255 g/mol. The number of ether oxygens (including phenoxy) is 1. The molecular weight excluding hydrogens is 230 g/mol. The number of carbonyl (C=O) groups is 1. The van der Waals surface area contributed by atoms with Gasteiger partial charge in [-0.25, -0.2) is 0 Å². The first-order valence-corrected chi connectivity index (χ1v) is 7.11. The van der Waals surface area contributed by atoms with Gasteiger partial charge in [0.15, 0.2) is 0 Å². The van der Waals surface area contributed by atoms with E-state index in [1.54, 1.807) is 0 Å². The molecule has 1 amide bonds. The summed E-state index contributed by atoms with van der Waals surface area (Å²) in [4.78, 5) is 16.4. The Hall–Kier alpha value is -0.650. The summed E-state index contributed by atoms with van der Waals surface area (Å²) in [6, 6.07) is 0.545. The van der Waals surface area contributed by atoms with Gasteiger partial charge in [-0.1, -0.05) is 6.92 Å². The number of amides is 1. The molecule has 0 radical (unpaired) electrons. The van der Waals surface area contributed by atoms with E-state index >= 15 is 0 Å². The SMILES string of the molecule is CCCNCC(=O)N1CCC(N2CCOCC2)C1. The number of rotatable bonds is 5. The van der Waals surface area contributed by atoms with Crippen molar-refractivity contribution in [3.63, 3.8) is 0 Å². The minimum atomic E-state index is 0.249. The molecule has 18 heavy (non-hydrogen) atoms. The molecule has 0 aromatic heterocycles. The Balaban J connectivity index is 1.71. The van der Waals surface area contributed by atoms with E-state index in [-0.39, 0.29) is 5.91 Å². The van der Waals surface area contributed by atoms with E-state index in [0.29, 0.717) is 12.6 Å². The molecule has 5 heteroatoms. The molecule has 1 unspecified atom stereocenters. The second-order valence-corrected chi connectivity index (χ2v) is 5.11. The van der Waals surface area contributed by atoms with E-state index in [1.165, 1.54) is 0 Å². The normalized spacial score (nSPS) is 25.6. The standard InChI is InChI=1S/C13H25N3O2/c1-2-4-14-10-13(17)16-5-3-12(11-16)15-6-8-18-9-7-15/h12,14H,2-11H2,1H3. The van der Waals surface area contributed by atoms with Gasteiger partial charge < -0.3 is 15.0 Å². The smallest absolute Gasteiger partial charge is 0.236 e. The van der Waals surface area contributed by atoms with Gasteiger partial charge in [0.1, 0.15) is 0 Å². The Morgan fingerprint density at radius 2 is 2.11 bits per heavy atom. The predicted molar refractivity (Wildman–Crippen MR) is 70.5 cm³/mol. The number of nitrogens with zero attached hydrogens (tertiary/aromatic N) is 2. The molecule has 0 aliphatic carbocycles. The molecule has 0 spiro atoms. The van der Waals surface area contributed by atoms with Crippen LogP contribution in [-0.4, -0.2) is 74.2 Å². The molecule has 0 saturated carbocycles. The van der Waals surface area contributed by atoms with E-state index < -0.39 is 0 Å². The molecule has 5 nitrogen and oxygen atoms in total. The second-order valence-electron chi connectivity index (χ2n) is 5.11. The molecule has 2 fully saturated rings. The molecule has 0 aromatic rings. The average molecular weight is 255 g/mol. The van der Waals surface area contributed by atoms with E-state index in [1.807, 2.05) is 4.90 Å². The van der Waals surface area contributed by atoms with Crippen molar-refractivity contribution in [2.75, 3.05) is 52.5 Å². The summed E-state index contributed by atoms with van der Waals surface area (Å²) >= 11 is 0. The Morgan fingerprint density at radius 1 is 1.33 bits per heavy atom. The van der Waals surface area contributed by atoms with Crippen LogP contribution in [0.5, 0.6) is 0 Å². The van der Waals surface area contributed by atoms with Crippen molar-refractivity contribution < 1.29 is 9.53 Å². The molecule has 2 aliphatic rings. The zero-order valence-electron chi connectivity index (χ0n) is 11.4. The van der Waals surface area contributed by atoms with E-state index in [4.69, 9.17) is 4.74 Å². The first-order valence-electron chi connectivity index (χ1n) is 7.11. The van der Waals surface area contributed by atoms with Crippen molar-refractivity contribution in [3.05, 3.63) is 0 Å². The summed E-state index contributed by atoms with van der Waals surface area (Å²) in [5.41, 5.74) is 0. The molecule has 2 heterocycles. The third-order valence-electron chi connectivity index (χ3n) is 3.78. The molecule has 2 rings (SSSR count). The fourth-order valence-electron chi connectivity index (χ4n) is 2.69. The van der Waals surface area contributed by atoms with Crippen molar-refractivity contribution in [3.8, 4) is 0 Å². The number of carbonyl (C=O) groups excluding carboxylic acids is 1. The van der Waals surface area contributed by atoms with Crippen LogP contribution in [-0.2, 0) is 9.53 Å². The summed E-state index contributed by atoms with van der Waals surface area (Å²) in [5, 5.41) is 3.18. The maximum absolute atomic E-state index is 12.0. The van der Waals surface area contributed by atoms with E-state index in [2.05, 4.69) is 17.1 Å². The number of nitrogens with one attached hydrogen (secondary N) is 1. The summed E-state index contributed by atoms with van der Waals surface area (Å²) in [7, 11) is 0. The van der Waals surface area contributed by atoms with Gasteiger partial charge in [-0.3, -0.25) is 9.69 Å². The van der Waals surface area contributed by atoms with Crippen LogP contribution < -0.4 is 5.32 Å². The fraction of sp³-hybridized carbons (Fsp3) is 0.923. The van der Waals surface area contributed by atoms with Crippen molar-refractivity contribution in [2.24, 2.45) is 0 Å². The average Bonchev–Trinajstić information content (AvgIpc) is 2.89. The first kappa shape index (κ1) is 13.8. The van der Waals surface area contributed by atoms with E-state index in [0.717, 1.165) is 58.8 Å². The van der Waals surface area contributed by atoms with Gasteiger partial charge in [-0.15, -0.1) is 0 Å². The Labute approximate surface area is 109 Å². The van der Waals surface area contributed by atoms with Crippen molar-refractivity contribution in [2.45, 2.75) is 25.8 Å². The largest absolute Gasteiger partial charge is 0.379 e. The van der Waals surface area contributed by atoms with Gasteiger partial charge in [0.05, 0.1) is 19.8 Å². The summed E-state index contributed by atoms with van der Waals surface area (Å²) < 4.78 is 5.37. The van der Waals surface area contributed by atoms with Crippen molar-refractivity contribution in [1.82, 2.24) is 15.1 Å². The van der Waals surface area contributed by atoms with Crippen LogP contribution in [0, 0.1) is 0 Å². The highest BCUT2D eigenvalue weighted by Gasteiger charge is 2.30. The van der Waals surface area contributed by atoms with Crippen LogP contribution in [0.2, 0.25) is 0 Å². The minimum Gasteiger partial charge on any atom is -0.379 e. The predicted octanol–water partition coefficient (Wildman–Crippen LogP) is -0.0809. The number of hydrogen-bond acceptors (Lipinski definition) is 4. The molecule has 0 bridgehead atoms. The Morgan fingerprint density at radius 3 is 2.83 bits per heavy atom. The fourth-order valence-corrected chi connectivity index (χ4v) is 2.69. The number of morpholine rings is 1. The lowest BCUT2D eigenvalue weighted by molar-refractivity contribution is -0.129. The van der Waals surface area contributed by atoms with Crippen LogP contribution >= 0.6 is 0 Å². The van der Waals surface area contributed by atoms with Crippen LogP contribution in [0.25, 0.3) is 0 Å². The maximum atomic E-state index is 12.0. The van der Waals surface area contributed by atoms with Crippen LogP contribution in [0.4, 0.5) is 0 Å². The van der Waals surface area contributed by atoms with Gasteiger partial charge in [0, 0.05) is 32.2 Å². The lowest BCUT2D eigenvalue weighted by Crippen LogP contribution is -2.45. The summed E-state index contributed by atoms with van der Waals surface area (Å²) in [5.74, 6) is 0.249. The first-order chi connectivity index (χ1) is 8.81. The highest BCUT2D eigenvalue weighted by Crippen LogP contribution is 2.16. The van der Waals surface area contributed by atoms with Gasteiger partial charge in [-0.2, -0.15) is 0 Å². The van der Waals surface area contributed by atoms with Gasteiger partial charge >= 0.3 is 0 Å². The third kappa shape index (κ3) is 3.67. The highest BCUT2D eigenvalue weighted by molar-refractivity contribution is 5.78. The lowest BCUT2D eigenvalue weighted by Gasteiger charge is -2.32. The van der Waals surface area contributed by atoms with Gasteiger partial charge in [0.2, 0.25) is 5.91 Å². The van der Waals surface area contributed by atoms with Gasteiger partial charge in [0.25, 0.3) is 0 Å². The quantitative estimate of drug-likeness (QED) is 0.698. The zero-order chi connectivity index (χ0) is 12.8. The number of likely N-dealkylation sites (tertiary alicyclic amines) is 1. The van der Waals surface area contributed by atoms with Crippen molar-refractivity contribution in [1.29, 1.82) is 0 Å². The summed E-state index contributed by atoms with van der Waals surface area (Å²) in [6.45, 7) is 9.03. The minimum absolute atomic E-state index is 0.249. The summed E-state index contributed by atoms with van der Waals surface area (Å²) in [6.07, 6.45) is 2.18. The Bertz CT molecular complexity index is 267. The van der Waals surface area contributed by atoms with Gasteiger partial charge in [-0.05, 0) is 19.4 Å². The van der Waals surface area contributed by atoms with Crippen LogP contribution in [0.1, 0.15) is 19.8 Å². The molecule has 0 aromatic carbocycles. The van der Waals surface area contributed by atoms with Crippen LogP contribution in [0.15, 0.2) is 0 Å².